The molecule has 2 heterocycles. The Bertz CT molecular complexity index is 967. The SMILES string of the molecule is O=C(c1ccccc1Cl)n1c2ccccc2c2ccncc21. The zero-order valence-corrected chi connectivity index (χ0v) is 12.3. The van der Waals surface area contributed by atoms with E-state index in [0.717, 1.165) is 21.8 Å². The van der Waals surface area contributed by atoms with Crippen LogP contribution in [0.25, 0.3) is 21.8 Å². The molecule has 0 aliphatic carbocycles. The van der Waals surface area contributed by atoms with E-state index in [2.05, 4.69) is 4.98 Å². The summed E-state index contributed by atoms with van der Waals surface area (Å²) in [6.45, 7) is 0. The first kappa shape index (κ1) is 13.0. The van der Waals surface area contributed by atoms with Crippen LogP contribution in [0.4, 0.5) is 0 Å². The number of hydrogen-bond donors (Lipinski definition) is 0. The summed E-state index contributed by atoms with van der Waals surface area (Å²) in [4.78, 5) is 17.2. The summed E-state index contributed by atoms with van der Waals surface area (Å²) in [6, 6.07) is 16.8. The first-order valence-corrected chi connectivity index (χ1v) is 7.27. The summed E-state index contributed by atoms with van der Waals surface area (Å²) in [6.07, 6.45) is 3.45. The maximum absolute atomic E-state index is 13.0. The fourth-order valence-electron chi connectivity index (χ4n) is 2.79. The lowest BCUT2D eigenvalue weighted by Crippen LogP contribution is -2.12. The lowest BCUT2D eigenvalue weighted by molar-refractivity contribution is 0.0969. The van der Waals surface area contributed by atoms with Crippen LogP contribution < -0.4 is 0 Å². The Morgan fingerprint density at radius 2 is 1.64 bits per heavy atom. The first-order valence-electron chi connectivity index (χ1n) is 6.90. The average Bonchev–Trinajstić information content (AvgIpc) is 2.89. The molecule has 0 amide bonds. The lowest BCUT2D eigenvalue weighted by Gasteiger charge is -2.07. The van der Waals surface area contributed by atoms with Gasteiger partial charge in [0.2, 0.25) is 0 Å². The van der Waals surface area contributed by atoms with E-state index in [1.165, 1.54) is 0 Å². The van der Waals surface area contributed by atoms with E-state index in [9.17, 15) is 4.79 Å². The van der Waals surface area contributed by atoms with Gasteiger partial charge in [0.25, 0.3) is 5.91 Å². The number of halogens is 1. The fraction of sp³-hybridized carbons (Fsp3) is 0. The van der Waals surface area contributed by atoms with Crippen molar-refractivity contribution >= 4 is 39.3 Å². The highest BCUT2D eigenvalue weighted by Crippen LogP contribution is 2.29. The maximum Gasteiger partial charge on any atom is 0.264 e. The minimum absolute atomic E-state index is 0.148. The van der Waals surface area contributed by atoms with Crippen molar-refractivity contribution in [1.29, 1.82) is 0 Å². The summed E-state index contributed by atoms with van der Waals surface area (Å²) in [5, 5.41) is 2.48. The Hall–Kier alpha value is -2.65. The summed E-state index contributed by atoms with van der Waals surface area (Å²) >= 11 is 6.19. The molecular weight excluding hydrogens is 296 g/mol. The van der Waals surface area contributed by atoms with Crippen LogP contribution in [0.1, 0.15) is 10.4 Å². The number of hydrogen-bond acceptors (Lipinski definition) is 2. The van der Waals surface area contributed by atoms with Gasteiger partial charge in [0, 0.05) is 17.0 Å². The predicted octanol–water partition coefficient (Wildman–Crippen LogP) is 4.53. The third-order valence-electron chi connectivity index (χ3n) is 3.78. The zero-order valence-electron chi connectivity index (χ0n) is 11.5. The molecule has 106 valence electrons. The maximum atomic E-state index is 13.0. The van der Waals surface area contributed by atoms with Gasteiger partial charge in [-0.05, 0) is 24.3 Å². The lowest BCUT2D eigenvalue weighted by atomic mass is 10.2. The molecule has 0 fully saturated rings. The molecule has 22 heavy (non-hydrogen) atoms. The Morgan fingerprint density at radius 3 is 2.50 bits per heavy atom. The van der Waals surface area contributed by atoms with E-state index >= 15 is 0 Å². The summed E-state index contributed by atoms with van der Waals surface area (Å²) in [7, 11) is 0. The van der Waals surface area contributed by atoms with Gasteiger partial charge in [-0.3, -0.25) is 14.3 Å². The molecule has 0 unspecified atom stereocenters. The number of carbonyl (C=O) groups excluding carboxylic acids is 1. The zero-order chi connectivity index (χ0) is 15.1. The van der Waals surface area contributed by atoms with Gasteiger partial charge in [-0.1, -0.05) is 41.9 Å². The minimum atomic E-state index is -0.148. The van der Waals surface area contributed by atoms with Crippen LogP contribution in [0.3, 0.4) is 0 Å². The highest BCUT2D eigenvalue weighted by atomic mass is 35.5. The number of pyridine rings is 1. The summed E-state index contributed by atoms with van der Waals surface area (Å²) in [5.74, 6) is -0.148. The van der Waals surface area contributed by atoms with Crippen molar-refractivity contribution in [3.05, 3.63) is 77.6 Å². The van der Waals surface area contributed by atoms with E-state index in [1.54, 1.807) is 29.1 Å². The topological polar surface area (TPSA) is 34.9 Å². The number of nitrogens with zero attached hydrogens (tertiary/aromatic N) is 2. The molecule has 3 nitrogen and oxygen atoms in total. The monoisotopic (exact) mass is 306 g/mol. The summed E-state index contributed by atoms with van der Waals surface area (Å²) < 4.78 is 1.68. The van der Waals surface area contributed by atoms with Crippen LogP contribution in [0.15, 0.2) is 67.0 Å². The quantitative estimate of drug-likeness (QED) is 0.518. The Balaban J connectivity index is 2.09. The highest BCUT2D eigenvalue weighted by Gasteiger charge is 2.18. The second-order valence-corrected chi connectivity index (χ2v) is 5.44. The second kappa shape index (κ2) is 4.97. The molecule has 0 atom stereocenters. The Kier molecular flexibility index (Phi) is 2.94. The fourth-order valence-corrected chi connectivity index (χ4v) is 3.01. The van der Waals surface area contributed by atoms with Crippen LogP contribution in [0.2, 0.25) is 5.02 Å². The first-order chi connectivity index (χ1) is 10.8. The van der Waals surface area contributed by atoms with Gasteiger partial charge >= 0.3 is 0 Å². The van der Waals surface area contributed by atoms with E-state index in [-0.39, 0.29) is 5.91 Å². The Morgan fingerprint density at radius 1 is 0.909 bits per heavy atom. The van der Waals surface area contributed by atoms with Crippen LogP contribution in [-0.4, -0.2) is 15.5 Å². The normalized spacial score (nSPS) is 11.1. The van der Waals surface area contributed by atoms with Crippen LogP contribution in [0.5, 0.6) is 0 Å². The minimum Gasteiger partial charge on any atom is -0.274 e. The van der Waals surface area contributed by atoms with E-state index in [4.69, 9.17) is 11.6 Å². The highest BCUT2D eigenvalue weighted by molar-refractivity contribution is 6.34. The van der Waals surface area contributed by atoms with Crippen molar-refractivity contribution in [3.63, 3.8) is 0 Å². The predicted molar refractivity (Wildman–Crippen MR) is 88.4 cm³/mol. The van der Waals surface area contributed by atoms with Gasteiger partial charge in [0.15, 0.2) is 0 Å². The van der Waals surface area contributed by atoms with Crippen LogP contribution in [-0.2, 0) is 0 Å². The smallest absolute Gasteiger partial charge is 0.264 e. The van der Waals surface area contributed by atoms with E-state index < -0.39 is 0 Å². The van der Waals surface area contributed by atoms with Crippen LogP contribution >= 0.6 is 11.6 Å². The molecule has 4 rings (SSSR count). The van der Waals surface area contributed by atoms with Crippen molar-refractivity contribution in [3.8, 4) is 0 Å². The number of carbonyl (C=O) groups is 1. The van der Waals surface area contributed by atoms with Crippen molar-refractivity contribution < 1.29 is 4.79 Å². The van der Waals surface area contributed by atoms with Crippen molar-refractivity contribution in [2.45, 2.75) is 0 Å². The molecule has 0 spiro atoms. The van der Waals surface area contributed by atoms with Crippen molar-refractivity contribution in [2.75, 3.05) is 0 Å². The third-order valence-corrected chi connectivity index (χ3v) is 4.11. The molecule has 4 heteroatoms. The second-order valence-electron chi connectivity index (χ2n) is 5.03. The van der Waals surface area contributed by atoms with Crippen molar-refractivity contribution in [2.24, 2.45) is 0 Å². The molecule has 0 saturated heterocycles. The van der Waals surface area contributed by atoms with E-state index in [0.29, 0.717) is 10.6 Å². The number of aromatic nitrogens is 2. The molecule has 0 aliphatic heterocycles. The molecule has 0 N–H and O–H groups in total. The molecule has 0 radical (unpaired) electrons. The Labute approximate surface area is 131 Å². The standard InChI is InChI=1S/C18H11ClN2O/c19-15-7-3-1-6-14(15)18(22)21-16-8-4-2-5-12(16)13-9-10-20-11-17(13)21/h1-11H. The van der Waals surface area contributed by atoms with Gasteiger partial charge in [-0.25, -0.2) is 0 Å². The van der Waals surface area contributed by atoms with E-state index in [1.807, 2.05) is 42.5 Å². The number of benzene rings is 2. The van der Waals surface area contributed by atoms with Gasteiger partial charge in [0.1, 0.15) is 0 Å². The van der Waals surface area contributed by atoms with Crippen molar-refractivity contribution in [1.82, 2.24) is 9.55 Å². The molecule has 4 aromatic rings. The third kappa shape index (κ3) is 1.83. The van der Waals surface area contributed by atoms with Gasteiger partial charge < -0.3 is 0 Å². The number of para-hydroxylation sites is 1. The molecule has 2 aromatic carbocycles. The number of rotatable bonds is 1. The molecule has 2 aromatic heterocycles. The van der Waals surface area contributed by atoms with Gasteiger partial charge in [-0.2, -0.15) is 0 Å². The number of fused-ring (bicyclic) bond motifs is 3. The largest absolute Gasteiger partial charge is 0.274 e. The molecule has 0 bridgehead atoms. The van der Waals surface area contributed by atoms with Gasteiger partial charge in [-0.15, -0.1) is 0 Å². The average molecular weight is 307 g/mol. The van der Waals surface area contributed by atoms with Crippen LogP contribution in [0, 0.1) is 0 Å². The summed E-state index contributed by atoms with van der Waals surface area (Å²) in [5.41, 5.74) is 2.12. The molecular formula is C18H11ClN2O. The molecule has 0 aliphatic rings. The molecule has 0 saturated carbocycles. The van der Waals surface area contributed by atoms with Gasteiger partial charge in [0.05, 0.1) is 27.8 Å².